The van der Waals surface area contributed by atoms with Crippen molar-refractivity contribution < 1.29 is 18.6 Å². The Kier molecular flexibility index (Phi) is 8.97. The van der Waals surface area contributed by atoms with Gasteiger partial charge in [-0.15, -0.1) is 4.52 Å². The lowest BCUT2D eigenvalue weighted by Gasteiger charge is -1.99. The van der Waals surface area contributed by atoms with Gasteiger partial charge in [0.15, 0.2) is 6.66 Å². The van der Waals surface area contributed by atoms with Crippen LogP contribution in [0.2, 0.25) is 0 Å². The van der Waals surface area contributed by atoms with Crippen LogP contribution in [0.5, 0.6) is 0 Å². The molecule has 0 saturated carbocycles. The van der Waals surface area contributed by atoms with Gasteiger partial charge in [-0.05, 0) is 11.5 Å². The molecule has 1 unspecified atom stereocenters. The molecule has 0 saturated heterocycles. The summed E-state index contributed by atoms with van der Waals surface area (Å²) in [5.74, 6) is -0.454. The standard InChI is InChI=1S/C7H12O4P.CH4/c1-6(2)7(8)10-4-5-11-12(3)9;/h1,4-5H2,2-3H3;1H4/q+1;. The summed E-state index contributed by atoms with van der Waals surface area (Å²) in [6.45, 7) is 6.66. The van der Waals surface area contributed by atoms with E-state index >= 15 is 0 Å². The van der Waals surface area contributed by atoms with E-state index in [1.807, 2.05) is 0 Å². The largest absolute Gasteiger partial charge is 0.504 e. The molecule has 0 radical (unpaired) electrons. The van der Waals surface area contributed by atoms with Crippen molar-refractivity contribution in [1.29, 1.82) is 0 Å². The number of esters is 1. The fourth-order valence-electron chi connectivity index (χ4n) is 0.423. The Balaban J connectivity index is 0. The Morgan fingerprint density at radius 2 is 2.00 bits per heavy atom. The highest BCUT2D eigenvalue weighted by Gasteiger charge is 2.07. The molecule has 0 aliphatic rings. The van der Waals surface area contributed by atoms with Crippen molar-refractivity contribution in [3.8, 4) is 0 Å². The minimum Gasteiger partial charge on any atom is -0.460 e. The Morgan fingerprint density at radius 3 is 2.38 bits per heavy atom. The summed E-state index contributed by atoms with van der Waals surface area (Å²) in [6.07, 6.45) is 0. The molecule has 0 N–H and O–H groups in total. The van der Waals surface area contributed by atoms with E-state index < -0.39 is 14.0 Å². The first-order valence-electron chi connectivity index (χ1n) is 3.40. The summed E-state index contributed by atoms with van der Waals surface area (Å²) in [6, 6.07) is 0. The van der Waals surface area contributed by atoms with Crippen LogP contribution in [-0.4, -0.2) is 25.8 Å². The maximum Gasteiger partial charge on any atom is 0.504 e. The van der Waals surface area contributed by atoms with Crippen molar-refractivity contribution in [2.75, 3.05) is 19.9 Å². The smallest absolute Gasteiger partial charge is 0.460 e. The van der Waals surface area contributed by atoms with Crippen molar-refractivity contribution in [3.63, 3.8) is 0 Å². The minimum atomic E-state index is -1.61. The lowest BCUT2D eigenvalue weighted by molar-refractivity contribution is -0.139. The summed E-state index contributed by atoms with van der Waals surface area (Å²) in [7, 11) is -1.61. The van der Waals surface area contributed by atoms with Gasteiger partial charge in [0.25, 0.3) is 0 Å². The molecule has 0 spiro atoms. The van der Waals surface area contributed by atoms with E-state index in [1.165, 1.54) is 6.66 Å². The van der Waals surface area contributed by atoms with E-state index in [0.29, 0.717) is 5.57 Å². The van der Waals surface area contributed by atoms with Crippen LogP contribution in [0.3, 0.4) is 0 Å². The second kappa shape index (κ2) is 7.90. The Hall–Kier alpha value is -0.730. The Morgan fingerprint density at radius 1 is 1.46 bits per heavy atom. The lowest BCUT2D eigenvalue weighted by atomic mass is 10.4. The van der Waals surface area contributed by atoms with Gasteiger partial charge in [0, 0.05) is 5.57 Å². The summed E-state index contributed by atoms with van der Waals surface area (Å²) >= 11 is 0. The highest BCUT2D eigenvalue weighted by atomic mass is 31.1. The lowest BCUT2D eigenvalue weighted by Crippen LogP contribution is -2.09. The maximum atomic E-state index is 10.7. The van der Waals surface area contributed by atoms with Crippen molar-refractivity contribution in [2.45, 2.75) is 14.4 Å². The van der Waals surface area contributed by atoms with Crippen LogP contribution in [-0.2, 0) is 18.6 Å². The highest BCUT2D eigenvalue weighted by Crippen LogP contribution is 2.13. The summed E-state index contributed by atoms with van der Waals surface area (Å²) in [5.41, 5.74) is 0.343. The molecule has 0 aromatic heterocycles. The molecule has 0 aromatic carbocycles. The highest BCUT2D eigenvalue weighted by molar-refractivity contribution is 7.38. The molecule has 0 aliphatic carbocycles. The van der Waals surface area contributed by atoms with Gasteiger partial charge in [0.1, 0.15) is 13.2 Å². The molecule has 1 atom stereocenters. The van der Waals surface area contributed by atoms with Crippen LogP contribution in [0.25, 0.3) is 0 Å². The molecule has 0 heterocycles. The fourth-order valence-corrected chi connectivity index (χ4v) is 0.755. The third-order valence-corrected chi connectivity index (χ3v) is 1.48. The molecule has 0 aromatic rings. The molecule has 5 heteroatoms. The number of hydrogen-bond donors (Lipinski definition) is 0. The van der Waals surface area contributed by atoms with Crippen molar-refractivity contribution in [1.82, 2.24) is 0 Å². The number of rotatable bonds is 5. The van der Waals surface area contributed by atoms with Gasteiger partial charge in [-0.25, -0.2) is 4.79 Å². The summed E-state index contributed by atoms with van der Waals surface area (Å²) in [5, 5.41) is 0. The third kappa shape index (κ3) is 9.18. The van der Waals surface area contributed by atoms with E-state index in [-0.39, 0.29) is 20.6 Å². The van der Waals surface area contributed by atoms with E-state index in [4.69, 9.17) is 0 Å². The van der Waals surface area contributed by atoms with E-state index in [1.54, 1.807) is 6.92 Å². The topological polar surface area (TPSA) is 52.6 Å². The summed E-state index contributed by atoms with van der Waals surface area (Å²) in [4.78, 5) is 10.7. The Bertz CT molecular complexity index is 200. The zero-order valence-corrected chi connectivity index (χ0v) is 8.10. The van der Waals surface area contributed by atoms with E-state index in [9.17, 15) is 9.36 Å². The first kappa shape index (κ1) is 14.8. The maximum absolute atomic E-state index is 10.7. The van der Waals surface area contributed by atoms with Gasteiger partial charge in [0.2, 0.25) is 0 Å². The van der Waals surface area contributed by atoms with Crippen LogP contribution in [0.15, 0.2) is 12.2 Å². The van der Waals surface area contributed by atoms with Crippen LogP contribution < -0.4 is 0 Å². The molecule has 0 aliphatic heterocycles. The average Bonchev–Trinajstić information content (AvgIpc) is 1.97. The number of ether oxygens (including phenoxy) is 1. The SMILES string of the molecule is C.C=C(C)C(=O)OCCO[P+](C)=O. The molecule has 0 amide bonds. The predicted molar refractivity (Wildman–Crippen MR) is 52.0 cm³/mol. The van der Waals surface area contributed by atoms with E-state index in [0.717, 1.165) is 0 Å². The van der Waals surface area contributed by atoms with Crippen LogP contribution in [0.4, 0.5) is 0 Å². The van der Waals surface area contributed by atoms with Crippen molar-refractivity contribution in [3.05, 3.63) is 12.2 Å². The Labute approximate surface area is 79.8 Å². The van der Waals surface area contributed by atoms with Gasteiger partial charge in [-0.2, -0.15) is 0 Å². The molecule has 0 bridgehead atoms. The minimum absolute atomic E-state index is 0. The number of hydrogen-bond acceptors (Lipinski definition) is 4. The second-order valence-electron chi connectivity index (χ2n) is 2.19. The molecule has 76 valence electrons. The molecule has 4 nitrogen and oxygen atoms in total. The van der Waals surface area contributed by atoms with Gasteiger partial charge in [0.05, 0.1) is 0 Å². The monoisotopic (exact) mass is 207 g/mol. The van der Waals surface area contributed by atoms with Gasteiger partial charge >= 0.3 is 14.0 Å². The molecular formula is C8H16O4P+. The van der Waals surface area contributed by atoms with Crippen LogP contribution in [0.1, 0.15) is 14.4 Å². The number of carbonyl (C=O) groups excluding carboxylic acids is 1. The van der Waals surface area contributed by atoms with E-state index in [2.05, 4.69) is 15.8 Å². The zero-order chi connectivity index (χ0) is 9.56. The van der Waals surface area contributed by atoms with Gasteiger partial charge in [-0.1, -0.05) is 14.0 Å². The molecular weight excluding hydrogens is 191 g/mol. The summed E-state index contributed by atoms with van der Waals surface area (Å²) < 4.78 is 19.7. The zero-order valence-electron chi connectivity index (χ0n) is 7.20. The average molecular weight is 207 g/mol. The van der Waals surface area contributed by atoms with Crippen LogP contribution >= 0.6 is 8.03 Å². The first-order valence-corrected chi connectivity index (χ1v) is 5.03. The fraction of sp³-hybridized carbons (Fsp3) is 0.625. The molecule has 13 heavy (non-hydrogen) atoms. The first-order chi connectivity index (χ1) is 5.54. The second-order valence-corrected chi connectivity index (χ2v) is 3.33. The molecule has 0 rings (SSSR count). The van der Waals surface area contributed by atoms with Crippen molar-refractivity contribution >= 4 is 14.0 Å². The normalized spacial score (nSPS) is 9.85. The predicted octanol–water partition coefficient (Wildman–Crippen LogP) is 2.13. The quantitative estimate of drug-likeness (QED) is 0.300. The number of carbonyl (C=O) groups is 1. The van der Waals surface area contributed by atoms with Crippen LogP contribution in [0, 0.1) is 0 Å². The van der Waals surface area contributed by atoms with Crippen molar-refractivity contribution in [2.24, 2.45) is 0 Å². The van der Waals surface area contributed by atoms with Gasteiger partial charge in [-0.3, -0.25) is 0 Å². The third-order valence-electron chi connectivity index (χ3n) is 0.938. The van der Waals surface area contributed by atoms with Gasteiger partial charge < -0.3 is 4.74 Å². The molecule has 0 fully saturated rings.